The zero-order valence-corrected chi connectivity index (χ0v) is 27.1. The van der Waals surface area contributed by atoms with Gasteiger partial charge in [-0.25, -0.2) is 0 Å². The Kier molecular flexibility index (Phi) is 13.2. The standard InChI is InChI=1S/C38H46N2O5/c1-29-33-20-7-9-22-36(33)40(27-13-11-25-38(44-4)45-5)34(29)23-15-19-32(41)18-14-17-31-28-30-16-6-8-21-35(30)39(31)26-12-10-24-37(42-2)43-3/h6-11,14-25,29,37-38H,12-13,26-28H2,1-5H3/b18-14+,19-15+,24-10+,25-11+,31-17+,34-23+/t29-/m0/s1. The number of allylic oxidation sites excluding steroid dienone is 8. The lowest BCUT2D eigenvalue weighted by molar-refractivity contribution is -0.110. The maximum atomic E-state index is 12.8. The number of rotatable bonds is 16. The Morgan fingerprint density at radius 3 is 1.98 bits per heavy atom. The highest BCUT2D eigenvalue weighted by molar-refractivity contribution is 5.99. The van der Waals surface area contributed by atoms with Crippen LogP contribution in [-0.2, 0) is 30.2 Å². The summed E-state index contributed by atoms with van der Waals surface area (Å²) in [6, 6.07) is 16.9. The molecule has 2 heterocycles. The first-order valence-corrected chi connectivity index (χ1v) is 15.5. The summed E-state index contributed by atoms with van der Waals surface area (Å²) < 4.78 is 21.0. The summed E-state index contributed by atoms with van der Waals surface area (Å²) in [4.78, 5) is 17.5. The summed E-state index contributed by atoms with van der Waals surface area (Å²) in [5, 5.41) is 0. The fourth-order valence-electron chi connectivity index (χ4n) is 5.78. The van der Waals surface area contributed by atoms with Crippen molar-refractivity contribution in [3.8, 4) is 0 Å². The van der Waals surface area contributed by atoms with Crippen molar-refractivity contribution in [2.24, 2.45) is 0 Å². The molecule has 0 fully saturated rings. The molecule has 0 aliphatic carbocycles. The number of fused-ring (bicyclic) bond motifs is 2. The summed E-state index contributed by atoms with van der Waals surface area (Å²) in [5.74, 6) is 0.178. The molecule has 238 valence electrons. The molecule has 0 N–H and O–H groups in total. The minimum absolute atomic E-state index is 0.0540. The zero-order valence-electron chi connectivity index (χ0n) is 27.1. The molecule has 0 radical (unpaired) electrons. The van der Waals surface area contributed by atoms with E-state index in [-0.39, 0.29) is 24.3 Å². The number of ketones is 1. The van der Waals surface area contributed by atoms with Crippen LogP contribution in [0, 0.1) is 0 Å². The number of ether oxygens (including phenoxy) is 4. The highest BCUT2D eigenvalue weighted by atomic mass is 16.7. The van der Waals surface area contributed by atoms with Gasteiger partial charge in [0.1, 0.15) is 0 Å². The third-order valence-electron chi connectivity index (χ3n) is 8.08. The second-order valence-corrected chi connectivity index (χ2v) is 10.9. The minimum Gasteiger partial charge on any atom is -0.352 e. The van der Waals surface area contributed by atoms with Crippen LogP contribution in [-0.4, -0.2) is 59.9 Å². The number of benzene rings is 2. The van der Waals surface area contributed by atoms with Crippen LogP contribution >= 0.6 is 0 Å². The maximum Gasteiger partial charge on any atom is 0.178 e. The third-order valence-corrected chi connectivity index (χ3v) is 8.08. The summed E-state index contributed by atoms with van der Waals surface area (Å²) in [6.07, 6.45) is 20.9. The molecule has 0 amide bonds. The Hall–Kier alpha value is -4.01. The second-order valence-electron chi connectivity index (χ2n) is 10.9. The molecule has 2 aliphatic rings. The van der Waals surface area contributed by atoms with Crippen LogP contribution in [0.25, 0.3) is 0 Å². The van der Waals surface area contributed by atoms with Gasteiger partial charge in [-0.1, -0.05) is 67.6 Å². The van der Waals surface area contributed by atoms with Crippen molar-refractivity contribution in [1.29, 1.82) is 0 Å². The fraction of sp³-hybridized carbons (Fsp3) is 0.342. The molecule has 2 aromatic rings. The van der Waals surface area contributed by atoms with Crippen molar-refractivity contribution in [3.05, 3.63) is 132 Å². The molecule has 2 aromatic carbocycles. The van der Waals surface area contributed by atoms with Gasteiger partial charge in [0, 0.05) is 76.6 Å². The maximum absolute atomic E-state index is 12.8. The normalized spacial score (nSPS) is 18.4. The second kappa shape index (κ2) is 17.5. The van der Waals surface area contributed by atoms with Crippen LogP contribution in [0.4, 0.5) is 11.4 Å². The molecule has 0 saturated heterocycles. The van der Waals surface area contributed by atoms with Gasteiger partial charge in [-0.05, 0) is 72.6 Å². The number of hydrogen-bond acceptors (Lipinski definition) is 7. The van der Waals surface area contributed by atoms with Crippen LogP contribution in [0.5, 0.6) is 0 Å². The number of hydrogen-bond donors (Lipinski definition) is 0. The Balaban J connectivity index is 1.41. The van der Waals surface area contributed by atoms with Gasteiger partial charge in [0.2, 0.25) is 0 Å². The van der Waals surface area contributed by atoms with Gasteiger partial charge in [0.25, 0.3) is 0 Å². The SMILES string of the molecule is COC(/C=C/CCN1/C(=C/C=C/C(=O)/C=C/C=C2\[C@@H](C)c3ccccc3N2CC/C=C/C(OC)OC)Cc2ccccc21)OC. The van der Waals surface area contributed by atoms with E-state index in [0.29, 0.717) is 0 Å². The van der Waals surface area contributed by atoms with E-state index in [0.717, 1.165) is 32.4 Å². The first-order valence-electron chi connectivity index (χ1n) is 15.5. The van der Waals surface area contributed by atoms with E-state index < -0.39 is 0 Å². The van der Waals surface area contributed by atoms with Gasteiger partial charge >= 0.3 is 0 Å². The summed E-state index contributed by atoms with van der Waals surface area (Å²) in [7, 11) is 6.51. The Morgan fingerprint density at radius 1 is 0.778 bits per heavy atom. The monoisotopic (exact) mass is 610 g/mol. The van der Waals surface area contributed by atoms with E-state index in [1.165, 1.54) is 33.9 Å². The molecule has 0 saturated carbocycles. The van der Waals surface area contributed by atoms with Crippen LogP contribution in [0.2, 0.25) is 0 Å². The van der Waals surface area contributed by atoms with Crippen molar-refractivity contribution in [2.45, 2.75) is 44.7 Å². The number of methoxy groups -OCH3 is 4. The minimum atomic E-state index is -0.345. The number of para-hydroxylation sites is 2. The fourth-order valence-corrected chi connectivity index (χ4v) is 5.78. The van der Waals surface area contributed by atoms with Gasteiger partial charge < -0.3 is 28.7 Å². The average molecular weight is 611 g/mol. The molecule has 45 heavy (non-hydrogen) atoms. The van der Waals surface area contributed by atoms with Gasteiger partial charge in [-0.15, -0.1) is 0 Å². The topological polar surface area (TPSA) is 60.5 Å². The van der Waals surface area contributed by atoms with E-state index in [2.05, 4.69) is 83.5 Å². The van der Waals surface area contributed by atoms with Crippen LogP contribution in [0.3, 0.4) is 0 Å². The molecule has 4 rings (SSSR count). The molecular formula is C38H46N2O5. The number of nitrogens with zero attached hydrogens (tertiary/aromatic N) is 2. The van der Waals surface area contributed by atoms with Crippen molar-refractivity contribution < 1.29 is 23.7 Å². The lowest BCUT2D eigenvalue weighted by Gasteiger charge is -2.22. The summed E-state index contributed by atoms with van der Waals surface area (Å²) >= 11 is 0. The quantitative estimate of drug-likeness (QED) is 0.113. The van der Waals surface area contributed by atoms with E-state index in [1.807, 2.05) is 30.4 Å². The van der Waals surface area contributed by atoms with Crippen LogP contribution < -0.4 is 9.80 Å². The van der Waals surface area contributed by atoms with Crippen molar-refractivity contribution in [2.75, 3.05) is 51.3 Å². The smallest absolute Gasteiger partial charge is 0.178 e. The first kappa shape index (κ1) is 33.9. The predicted octanol–water partition coefficient (Wildman–Crippen LogP) is 7.25. The highest BCUT2D eigenvalue weighted by Gasteiger charge is 2.29. The van der Waals surface area contributed by atoms with Gasteiger partial charge in [-0.2, -0.15) is 0 Å². The first-order chi connectivity index (χ1) is 22.0. The summed E-state index contributed by atoms with van der Waals surface area (Å²) in [6.45, 7) is 3.84. The van der Waals surface area contributed by atoms with Crippen molar-refractivity contribution in [1.82, 2.24) is 0 Å². The van der Waals surface area contributed by atoms with E-state index >= 15 is 0 Å². The average Bonchev–Trinajstić information content (AvgIpc) is 3.55. The van der Waals surface area contributed by atoms with Gasteiger partial charge in [-0.3, -0.25) is 4.79 Å². The van der Waals surface area contributed by atoms with E-state index in [9.17, 15) is 4.79 Å². The molecule has 0 spiro atoms. The highest BCUT2D eigenvalue weighted by Crippen LogP contribution is 2.43. The number of anilines is 2. The van der Waals surface area contributed by atoms with Gasteiger partial charge in [0.05, 0.1) is 0 Å². The van der Waals surface area contributed by atoms with Crippen molar-refractivity contribution in [3.63, 3.8) is 0 Å². The largest absolute Gasteiger partial charge is 0.352 e. The molecule has 1 atom stereocenters. The number of carbonyl (C=O) groups excluding carboxylic acids is 1. The lowest BCUT2D eigenvalue weighted by Crippen LogP contribution is -2.20. The van der Waals surface area contributed by atoms with Crippen molar-refractivity contribution >= 4 is 17.2 Å². The Bertz CT molecular complexity index is 1450. The molecule has 0 bridgehead atoms. The van der Waals surface area contributed by atoms with Crippen LogP contribution in [0.15, 0.2) is 121 Å². The number of carbonyl (C=O) groups is 1. The molecule has 7 heteroatoms. The zero-order chi connectivity index (χ0) is 32.0. The predicted molar refractivity (Wildman–Crippen MR) is 182 cm³/mol. The molecule has 7 nitrogen and oxygen atoms in total. The Morgan fingerprint density at radius 2 is 1.33 bits per heavy atom. The van der Waals surface area contributed by atoms with E-state index in [4.69, 9.17) is 18.9 Å². The molecule has 2 aliphatic heterocycles. The third kappa shape index (κ3) is 9.02. The van der Waals surface area contributed by atoms with Crippen LogP contribution in [0.1, 0.15) is 36.8 Å². The summed E-state index contributed by atoms with van der Waals surface area (Å²) in [5.41, 5.74) is 7.34. The Labute approximate surface area is 268 Å². The van der Waals surface area contributed by atoms with Gasteiger partial charge in [0.15, 0.2) is 18.4 Å². The lowest BCUT2D eigenvalue weighted by atomic mass is 10.0. The van der Waals surface area contributed by atoms with E-state index in [1.54, 1.807) is 40.6 Å². The molecule has 0 aromatic heterocycles. The molecular weight excluding hydrogens is 564 g/mol. The molecule has 0 unspecified atom stereocenters.